The van der Waals surface area contributed by atoms with Crippen molar-refractivity contribution in [3.05, 3.63) is 75.5 Å². The van der Waals surface area contributed by atoms with E-state index in [2.05, 4.69) is 10.2 Å². The molecule has 37 heavy (non-hydrogen) atoms. The van der Waals surface area contributed by atoms with Crippen LogP contribution in [-0.4, -0.2) is 61.9 Å². The number of nitrogens with one attached hydrogen (secondary N) is 3. The molecule has 12 heteroatoms. The number of halogens is 4. The number of alkyl halides is 3. The van der Waals surface area contributed by atoms with E-state index in [9.17, 15) is 27.2 Å². The number of carbonyl (C=O) groups excluding carboxylic acids is 1. The Bertz CT molecular complexity index is 1480. The van der Waals surface area contributed by atoms with Crippen LogP contribution in [0.3, 0.4) is 0 Å². The second-order valence-corrected chi connectivity index (χ2v) is 9.52. The predicted octanol–water partition coefficient (Wildman–Crippen LogP) is 4.09. The Labute approximate surface area is 208 Å². The fourth-order valence-electron chi connectivity index (χ4n) is 4.58. The molecule has 4 rings (SSSR count). The van der Waals surface area contributed by atoms with E-state index < -0.39 is 41.2 Å². The summed E-state index contributed by atoms with van der Waals surface area (Å²) in [4.78, 5) is 27.2. The van der Waals surface area contributed by atoms with Crippen LogP contribution in [-0.2, 0) is 6.42 Å². The Morgan fingerprint density at radius 3 is 2.49 bits per heavy atom. The third-order valence-electron chi connectivity index (χ3n) is 6.43. The van der Waals surface area contributed by atoms with Gasteiger partial charge >= 0.3 is 6.18 Å². The average molecular weight is 516 g/mol. The molecule has 0 spiro atoms. The molecule has 0 bridgehead atoms. The zero-order valence-electron chi connectivity index (χ0n) is 20.2. The summed E-state index contributed by atoms with van der Waals surface area (Å²) in [6, 6.07) is 9.64. The van der Waals surface area contributed by atoms with Gasteiger partial charge in [-0.05, 0) is 44.5 Å². The van der Waals surface area contributed by atoms with E-state index in [-0.39, 0.29) is 24.1 Å². The van der Waals surface area contributed by atoms with Gasteiger partial charge in [-0.25, -0.2) is 9.49 Å². The van der Waals surface area contributed by atoms with Crippen molar-refractivity contribution in [1.29, 1.82) is 10.8 Å². The molecule has 1 aliphatic heterocycles. The molecule has 0 aliphatic carbocycles. The molecule has 0 radical (unpaired) electrons. The maximum Gasteiger partial charge on any atom is 0.449 e. The number of nitrogens with zero attached hydrogens (tertiary/aromatic N) is 3. The highest BCUT2D eigenvalue weighted by molar-refractivity contribution is 6.06. The minimum atomic E-state index is -4.98. The number of piperazine rings is 1. The van der Waals surface area contributed by atoms with Crippen LogP contribution in [0.5, 0.6) is 0 Å². The maximum atomic E-state index is 14.8. The summed E-state index contributed by atoms with van der Waals surface area (Å²) in [5.74, 6) is -3.90. The lowest BCUT2D eigenvalue weighted by molar-refractivity contribution is -0.0722. The summed E-state index contributed by atoms with van der Waals surface area (Å²) in [5.41, 5.74) is -1.07. The van der Waals surface area contributed by atoms with Crippen LogP contribution >= 0.6 is 0 Å². The third kappa shape index (κ3) is 4.70. The molecule has 194 valence electrons. The van der Waals surface area contributed by atoms with Crippen molar-refractivity contribution < 1.29 is 22.4 Å². The Balaban J connectivity index is 1.66. The zero-order valence-corrected chi connectivity index (χ0v) is 20.2. The number of hydrogen-bond donors (Lipinski definition) is 3. The third-order valence-corrected chi connectivity index (χ3v) is 6.43. The molecule has 1 atom stereocenters. The molecule has 2 heterocycles. The van der Waals surface area contributed by atoms with Crippen LogP contribution in [0.15, 0.2) is 47.3 Å². The van der Waals surface area contributed by atoms with Crippen molar-refractivity contribution in [3.8, 4) is 0 Å². The molecule has 1 saturated heterocycles. The van der Waals surface area contributed by atoms with Gasteiger partial charge in [0.05, 0.1) is 28.2 Å². The summed E-state index contributed by atoms with van der Waals surface area (Å²) in [7, 11) is 0. The topological polar surface area (TPSA) is 117 Å². The van der Waals surface area contributed by atoms with Crippen LogP contribution in [0.25, 0.3) is 10.8 Å². The normalized spacial score (nSPS) is 17.8. The predicted molar refractivity (Wildman–Crippen MR) is 129 cm³/mol. The van der Waals surface area contributed by atoms with Crippen molar-refractivity contribution in [2.75, 3.05) is 6.54 Å². The van der Waals surface area contributed by atoms with Crippen molar-refractivity contribution in [3.63, 3.8) is 0 Å². The molecule has 0 saturated carbocycles. The van der Waals surface area contributed by atoms with E-state index in [0.29, 0.717) is 26.9 Å². The van der Waals surface area contributed by atoms with Gasteiger partial charge in [-0.2, -0.15) is 18.3 Å². The number of amidine groups is 2. The number of fused-ring (bicyclic) bond motifs is 1. The lowest BCUT2D eigenvalue weighted by Crippen LogP contribution is -2.69. The lowest BCUT2D eigenvalue weighted by atomic mass is 9.93. The maximum absolute atomic E-state index is 14.8. The van der Waals surface area contributed by atoms with E-state index >= 15 is 0 Å². The number of hydrogen-bond acceptors (Lipinski definition) is 5. The first kappa shape index (κ1) is 26.0. The lowest BCUT2D eigenvalue weighted by Gasteiger charge is -2.51. The summed E-state index contributed by atoms with van der Waals surface area (Å²) >= 11 is 0. The number of benzene rings is 2. The Morgan fingerprint density at radius 2 is 1.84 bits per heavy atom. The molecule has 3 aromatic rings. The molecule has 1 unspecified atom stereocenters. The van der Waals surface area contributed by atoms with E-state index in [1.54, 1.807) is 24.3 Å². The molecule has 8 nitrogen and oxygen atoms in total. The number of H-pyrrole nitrogens is 1. The number of aromatic amines is 1. The van der Waals surface area contributed by atoms with Crippen molar-refractivity contribution in [1.82, 2.24) is 20.0 Å². The number of aromatic nitrogens is 2. The number of amides is 1. The highest BCUT2D eigenvalue weighted by Crippen LogP contribution is 2.32. The van der Waals surface area contributed by atoms with Crippen LogP contribution in [0, 0.1) is 16.6 Å². The average Bonchev–Trinajstić information content (AvgIpc) is 2.83. The van der Waals surface area contributed by atoms with E-state index in [4.69, 9.17) is 10.8 Å². The summed E-state index contributed by atoms with van der Waals surface area (Å²) in [5, 5.41) is 23.4. The van der Waals surface area contributed by atoms with Gasteiger partial charge in [0.2, 0.25) is 5.84 Å². The van der Waals surface area contributed by atoms with Gasteiger partial charge in [-0.3, -0.25) is 20.4 Å². The standard InChI is InChI=1S/C25H24F4N6O2/c1-13-20(30)35(23(31)25(27,28)29)24(2,3)12-34(13)22(37)17-10-14(8-9-18(17)26)11-19-15-6-4-5-7-16(15)21(36)33-32-19/h4-10,13,30-31H,11-12H2,1-3H3,(H,33,36). The van der Waals surface area contributed by atoms with Gasteiger partial charge in [-0.1, -0.05) is 24.3 Å². The smallest absolute Gasteiger partial charge is 0.326 e. The van der Waals surface area contributed by atoms with Crippen molar-refractivity contribution >= 4 is 28.4 Å². The largest absolute Gasteiger partial charge is 0.449 e. The van der Waals surface area contributed by atoms with E-state index in [1.165, 1.54) is 32.9 Å². The molecule has 1 aliphatic rings. The first-order chi connectivity index (χ1) is 17.2. The Morgan fingerprint density at radius 1 is 1.19 bits per heavy atom. The fourth-order valence-corrected chi connectivity index (χ4v) is 4.58. The van der Waals surface area contributed by atoms with Gasteiger partial charge < -0.3 is 9.80 Å². The molecule has 1 aromatic heterocycles. The second kappa shape index (κ2) is 9.09. The van der Waals surface area contributed by atoms with Crippen LogP contribution in [0.1, 0.15) is 42.4 Å². The quantitative estimate of drug-likeness (QED) is 0.276. The van der Waals surface area contributed by atoms with Crippen LogP contribution < -0.4 is 5.56 Å². The van der Waals surface area contributed by atoms with E-state index in [0.717, 1.165) is 11.0 Å². The van der Waals surface area contributed by atoms with Gasteiger partial charge in [0, 0.05) is 18.4 Å². The second-order valence-electron chi connectivity index (χ2n) is 9.52. The Hall–Kier alpha value is -4.09. The van der Waals surface area contributed by atoms with Crippen molar-refractivity contribution in [2.24, 2.45) is 0 Å². The van der Waals surface area contributed by atoms with Crippen molar-refractivity contribution in [2.45, 2.75) is 44.9 Å². The summed E-state index contributed by atoms with van der Waals surface area (Å²) in [6.45, 7) is 3.86. The highest BCUT2D eigenvalue weighted by atomic mass is 19.4. The Kier molecular flexibility index (Phi) is 6.39. The van der Waals surface area contributed by atoms with Crippen LogP contribution in [0.2, 0.25) is 0 Å². The van der Waals surface area contributed by atoms with Crippen LogP contribution in [0.4, 0.5) is 17.6 Å². The fraction of sp³-hybridized carbons (Fsp3) is 0.320. The van der Waals surface area contributed by atoms with Gasteiger partial charge in [0.25, 0.3) is 11.5 Å². The molecule has 1 amide bonds. The van der Waals surface area contributed by atoms with E-state index in [1.807, 2.05) is 0 Å². The molecule has 3 N–H and O–H groups in total. The summed E-state index contributed by atoms with van der Waals surface area (Å²) in [6.07, 6.45) is -4.80. The van der Waals surface area contributed by atoms with Gasteiger partial charge in [0.15, 0.2) is 0 Å². The molecule has 1 fully saturated rings. The zero-order chi connectivity index (χ0) is 27.3. The summed E-state index contributed by atoms with van der Waals surface area (Å²) < 4.78 is 54.7. The SMILES string of the molecule is CC1C(=N)N(C(=N)C(F)(F)F)C(C)(C)CN1C(=O)c1cc(Cc2n[nH]c(=O)c3ccccc23)ccc1F. The van der Waals surface area contributed by atoms with Gasteiger partial charge in [-0.15, -0.1) is 0 Å². The minimum Gasteiger partial charge on any atom is -0.326 e. The first-order valence-corrected chi connectivity index (χ1v) is 11.3. The first-order valence-electron chi connectivity index (χ1n) is 11.3. The van der Waals surface area contributed by atoms with Gasteiger partial charge in [0.1, 0.15) is 11.7 Å². The molecular weight excluding hydrogens is 492 g/mol. The molecular formula is C25H24F4N6O2. The molecule has 2 aromatic carbocycles. The monoisotopic (exact) mass is 516 g/mol. The number of carbonyl (C=O) groups is 1. The number of rotatable bonds is 3. The highest BCUT2D eigenvalue weighted by Gasteiger charge is 2.51. The minimum absolute atomic E-state index is 0.172.